The van der Waals surface area contributed by atoms with Gasteiger partial charge in [-0.05, 0) is 12.1 Å². The highest BCUT2D eigenvalue weighted by atomic mass is 28.4. The van der Waals surface area contributed by atoms with E-state index in [1.807, 2.05) is 18.2 Å². The molecule has 0 aromatic heterocycles. The maximum Gasteiger partial charge on any atom is 0.323 e. The zero-order chi connectivity index (χ0) is 11.3. The zero-order valence-corrected chi connectivity index (χ0v) is 9.65. The lowest BCUT2D eigenvalue weighted by atomic mass is 10.3. The maximum absolute atomic E-state index is 5.84. The van der Waals surface area contributed by atoms with E-state index in [1.54, 1.807) is 23.2 Å². The molecule has 1 aromatic rings. The van der Waals surface area contributed by atoms with Gasteiger partial charge in [0.1, 0.15) is 5.75 Å². The Morgan fingerprint density at radius 1 is 1.07 bits per heavy atom. The molecule has 0 aliphatic rings. The molecule has 78 valence electrons. The molecule has 0 bridgehead atoms. The van der Waals surface area contributed by atoms with Gasteiger partial charge in [0, 0.05) is 0 Å². The molecule has 0 atom stereocenters. The molecule has 0 aliphatic carbocycles. The molecule has 0 radical (unpaired) electrons. The molecular formula is C12H15NOSi. The van der Waals surface area contributed by atoms with Crippen LogP contribution >= 0.6 is 0 Å². The lowest BCUT2D eigenvalue weighted by Gasteiger charge is -2.22. The predicted octanol–water partition coefficient (Wildman–Crippen LogP) is 2.77. The van der Waals surface area contributed by atoms with E-state index < -0.39 is 8.32 Å². The van der Waals surface area contributed by atoms with Crippen LogP contribution in [0.1, 0.15) is 0 Å². The van der Waals surface area contributed by atoms with Gasteiger partial charge < -0.3 is 10.2 Å². The Labute approximate surface area is 91.5 Å². The summed E-state index contributed by atoms with van der Waals surface area (Å²) in [5, 5.41) is 0. The predicted molar refractivity (Wildman–Crippen MR) is 67.8 cm³/mol. The first-order chi connectivity index (χ1) is 7.17. The van der Waals surface area contributed by atoms with Crippen molar-refractivity contribution in [2.24, 2.45) is 0 Å². The van der Waals surface area contributed by atoms with Crippen LogP contribution in [0.15, 0.2) is 61.1 Å². The van der Waals surface area contributed by atoms with Crippen molar-refractivity contribution in [1.29, 1.82) is 0 Å². The number of nitrogen functional groups attached to an aromatic ring is 1. The van der Waals surface area contributed by atoms with Gasteiger partial charge in [-0.15, -0.1) is 19.7 Å². The number of para-hydroxylation sites is 2. The molecule has 0 heterocycles. The molecule has 0 fully saturated rings. The minimum atomic E-state index is -2.28. The van der Waals surface area contributed by atoms with Crippen LogP contribution in [0.2, 0.25) is 0 Å². The Balaban J connectivity index is 3.03. The summed E-state index contributed by atoms with van der Waals surface area (Å²) in [5.41, 5.74) is 11.7. The minimum absolute atomic E-state index is 0.611. The van der Waals surface area contributed by atoms with E-state index in [1.165, 1.54) is 0 Å². The van der Waals surface area contributed by atoms with Gasteiger partial charge in [-0.1, -0.05) is 29.2 Å². The number of rotatable bonds is 5. The summed E-state index contributed by atoms with van der Waals surface area (Å²) in [6.07, 6.45) is 0. The van der Waals surface area contributed by atoms with Crippen LogP contribution in [0.5, 0.6) is 5.75 Å². The summed E-state index contributed by atoms with van der Waals surface area (Å²) in [7, 11) is -2.28. The Kier molecular flexibility index (Phi) is 3.52. The SMILES string of the molecule is C=C[Si](C=C)(C=C)Oc1ccccc1N. The van der Waals surface area contributed by atoms with Gasteiger partial charge in [0.25, 0.3) is 0 Å². The van der Waals surface area contributed by atoms with Gasteiger partial charge in [-0.25, -0.2) is 0 Å². The fourth-order valence-corrected chi connectivity index (χ4v) is 2.46. The summed E-state index contributed by atoms with van der Waals surface area (Å²) in [6.45, 7) is 11.3. The Morgan fingerprint density at radius 3 is 2.07 bits per heavy atom. The average molecular weight is 217 g/mol. The summed E-state index contributed by atoms with van der Waals surface area (Å²) < 4.78 is 5.84. The van der Waals surface area contributed by atoms with Crippen molar-refractivity contribution >= 4 is 14.0 Å². The van der Waals surface area contributed by atoms with E-state index >= 15 is 0 Å². The van der Waals surface area contributed by atoms with Crippen molar-refractivity contribution in [3.8, 4) is 5.75 Å². The van der Waals surface area contributed by atoms with E-state index in [0.717, 1.165) is 0 Å². The van der Waals surface area contributed by atoms with Crippen molar-refractivity contribution in [2.75, 3.05) is 5.73 Å². The number of benzene rings is 1. The van der Waals surface area contributed by atoms with Gasteiger partial charge in [0.05, 0.1) is 5.69 Å². The van der Waals surface area contributed by atoms with Crippen LogP contribution < -0.4 is 10.2 Å². The zero-order valence-electron chi connectivity index (χ0n) is 8.65. The number of hydrogen-bond donors (Lipinski definition) is 1. The molecule has 0 saturated heterocycles. The molecular weight excluding hydrogens is 202 g/mol. The number of nitrogens with two attached hydrogens (primary N) is 1. The largest absolute Gasteiger partial charge is 0.530 e. The number of anilines is 1. The van der Waals surface area contributed by atoms with Crippen molar-refractivity contribution < 1.29 is 4.43 Å². The van der Waals surface area contributed by atoms with Crippen molar-refractivity contribution in [3.63, 3.8) is 0 Å². The van der Waals surface area contributed by atoms with Crippen molar-refractivity contribution in [1.82, 2.24) is 0 Å². The average Bonchev–Trinajstić information content (AvgIpc) is 2.29. The normalized spacial score (nSPS) is 10.4. The van der Waals surface area contributed by atoms with Crippen LogP contribution in [0.25, 0.3) is 0 Å². The highest BCUT2D eigenvalue weighted by Crippen LogP contribution is 2.24. The topological polar surface area (TPSA) is 35.2 Å². The summed E-state index contributed by atoms with van der Waals surface area (Å²) in [6, 6.07) is 7.36. The first-order valence-corrected chi connectivity index (χ1v) is 6.76. The van der Waals surface area contributed by atoms with Crippen LogP contribution in [0.4, 0.5) is 5.69 Å². The lowest BCUT2D eigenvalue weighted by molar-refractivity contribution is 0.577. The molecule has 1 rings (SSSR count). The monoisotopic (exact) mass is 217 g/mol. The molecule has 3 heteroatoms. The second kappa shape index (κ2) is 4.66. The number of hydrogen-bond acceptors (Lipinski definition) is 2. The Bertz CT molecular complexity index is 365. The van der Waals surface area contributed by atoms with Gasteiger partial charge in [-0.2, -0.15) is 0 Å². The molecule has 1 aromatic carbocycles. The lowest BCUT2D eigenvalue weighted by Crippen LogP contribution is -2.35. The molecule has 2 nitrogen and oxygen atoms in total. The third kappa shape index (κ3) is 2.38. The minimum Gasteiger partial charge on any atom is -0.530 e. The molecule has 0 spiro atoms. The Hall–Kier alpha value is -1.74. The Morgan fingerprint density at radius 2 is 1.60 bits per heavy atom. The maximum atomic E-state index is 5.84. The highest BCUT2D eigenvalue weighted by Gasteiger charge is 2.26. The third-order valence-electron chi connectivity index (χ3n) is 2.16. The molecule has 0 unspecified atom stereocenters. The van der Waals surface area contributed by atoms with Gasteiger partial charge >= 0.3 is 8.32 Å². The first kappa shape index (κ1) is 11.3. The molecule has 0 saturated carbocycles. The fourth-order valence-electron chi connectivity index (χ4n) is 1.14. The van der Waals surface area contributed by atoms with Gasteiger partial charge in [0.15, 0.2) is 0 Å². The molecule has 0 amide bonds. The second-order valence-corrected chi connectivity index (χ2v) is 6.24. The first-order valence-electron chi connectivity index (χ1n) is 4.62. The third-order valence-corrected chi connectivity index (χ3v) is 4.65. The van der Waals surface area contributed by atoms with Gasteiger partial charge in [-0.3, -0.25) is 0 Å². The van der Waals surface area contributed by atoms with Crippen LogP contribution in [0, 0.1) is 0 Å². The summed E-state index contributed by atoms with van der Waals surface area (Å²) >= 11 is 0. The van der Waals surface area contributed by atoms with Crippen molar-refractivity contribution in [3.05, 3.63) is 61.1 Å². The summed E-state index contributed by atoms with van der Waals surface area (Å²) in [5.74, 6) is 0.656. The summed E-state index contributed by atoms with van der Waals surface area (Å²) in [4.78, 5) is 0. The van der Waals surface area contributed by atoms with E-state index in [-0.39, 0.29) is 0 Å². The van der Waals surface area contributed by atoms with E-state index in [9.17, 15) is 0 Å². The van der Waals surface area contributed by atoms with E-state index in [4.69, 9.17) is 10.2 Å². The standard InChI is InChI=1S/C12H15NOSi/c1-4-15(5-2,6-3)14-12-10-8-7-9-11(12)13/h4-10H,1-3,13H2. The van der Waals surface area contributed by atoms with Crippen molar-refractivity contribution in [2.45, 2.75) is 0 Å². The fraction of sp³-hybridized carbons (Fsp3) is 0. The van der Waals surface area contributed by atoms with Crippen LogP contribution in [0.3, 0.4) is 0 Å². The van der Waals surface area contributed by atoms with E-state index in [0.29, 0.717) is 11.4 Å². The quantitative estimate of drug-likeness (QED) is 0.608. The molecule has 15 heavy (non-hydrogen) atoms. The highest BCUT2D eigenvalue weighted by molar-refractivity contribution is 6.88. The second-order valence-electron chi connectivity index (χ2n) is 3.11. The van der Waals surface area contributed by atoms with Gasteiger partial charge in [0.2, 0.25) is 0 Å². The van der Waals surface area contributed by atoms with Crippen LogP contribution in [-0.2, 0) is 0 Å². The smallest absolute Gasteiger partial charge is 0.323 e. The molecule has 0 aliphatic heterocycles. The van der Waals surface area contributed by atoms with Crippen LogP contribution in [-0.4, -0.2) is 8.32 Å². The molecule has 2 N–H and O–H groups in total. The van der Waals surface area contributed by atoms with E-state index in [2.05, 4.69) is 19.7 Å².